The van der Waals surface area contributed by atoms with E-state index < -0.39 is 23.7 Å². The molecule has 0 bridgehead atoms. The molecule has 0 fully saturated rings. The molecule has 2 aromatic carbocycles. The number of hydrogen-bond donors (Lipinski definition) is 2. The van der Waals surface area contributed by atoms with E-state index in [1.807, 2.05) is 31.2 Å². The lowest BCUT2D eigenvalue weighted by Crippen LogP contribution is -2.47. The van der Waals surface area contributed by atoms with Crippen LogP contribution in [0.4, 0.5) is 9.52 Å². The number of hydrogen-bond acceptors (Lipinski definition) is 5. The second-order valence-corrected chi connectivity index (χ2v) is 7.92. The van der Waals surface area contributed by atoms with Gasteiger partial charge >= 0.3 is 0 Å². The molecule has 3 rings (SSSR count). The molecule has 29 heavy (non-hydrogen) atoms. The highest BCUT2D eigenvalue weighted by atomic mass is 32.1. The van der Waals surface area contributed by atoms with Crippen molar-refractivity contribution in [1.29, 1.82) is 0 Å². The summed E-state index contributed by atoms with van der Waals surface area (Å²) in [5.41, 5.74) is 1.90. The van der Waals surface area contributed by atoms with Crippen molar-refractivity contribution in [1.82, 2.24) is 15.5 Å². The van der Waals surface area contributed by atoms with Gasteiger partial charge in [0, 0.05) is 5.56 Å². The molecule has 0 aliphatic heterocycles. The van der Waals surface area contributed by atoms with E-state index in [9.17, 15) is 14.0 Å². The first-order valence-corrected chi connectivity index (χ1v) is 9.93. The van der Waals surface area contributed by atoms with Crippen LogP contribution in [-0.4, -0.2) is 28.1 Å². The zero-order chi connectivity index (χ0) is 21.0. The van der Waals surface area contributed by atoms with Gasteiger partial charge < -0.3 is 5.32 Å². The van der Waals surface area contributed by atoms with Crippen LogP contribution in [0.3, 0.4) is 0 Å². The lowest BCUT2D eigenvalue weighted by atomic mass is 10.0. The van der Waals surface area contributed by atoms with Gasteiger partial charge in [0.2, 0.25) is 11.0 Å². The van der Waals surface area contributed by atoms with Gasteiger partial charge in [-0.15, -0.1) is 10.2 Å². The Labute approximate surface area is 172 Å². The Morgan fingerprint density at radius 1 is 1.07 bits per heavy atom. The SMILES string of the molecule is Cc1cccc(-c2nnc(NC(=O)[C@@H](NC(=O)c3ccccc3F)C(C)C)s2)c1. The summed E-state index contributed by atoms with van der Waals surface area (Å²) in [7, 11) is 0. The van der Waals surface area contributed by atoms with E-state index in [1.54, 1.807) is 19.9 Å². The van der Waals surface area contributed by atoms with Crippen LogP contribution in [0.2, 0.25) is 0 Å². The van der Waals surface area contributed by atoms with E-state index >= 15 is 0 Å². The fourth-order valence-electron chi connectivity index (χ4n) is 2.75. The Morgan fingerprint density at radius 3 is 2.52 bits per heavy atom. The van der Waals surface area contributed by atoms with Crippen molar-refractivity contribution >= 4 is 28.3 Å². The maximum Gasteiger partial charge on any atom is 0.254 e. The molecule has 0 aliphatic carbocycles. The van der Waals surface area contributed by atoms with Crippen LogP contribution in [-0.2, 0) is 4.79 Å². The van der Waals surface area contributed by atoms with E-state index in [1.165, 1.54) is 29.5 Å². The standard InChI is InChI=1S/C21H21FN4O2S/c1-12(2)17(23-18(27)15-9-4-5-10-16(15)22)19(28)24-21-26-25-20(29-21)14-8-6-7-13(3)11-14/h4-12,17H,1-3H3,(H,23,27)(H,24,26,28)/t17-/m0/s1. The largest absolute Gasteiger partial charge is 0.340 e. The third kappa shape index (κ3) is 5.03. The summed E-state index contributed by atoms with van der Waals surface area (Å²) >= 11 is 1.24. The third-order valence-electron chi connectivity index (χ3n) is 4.27. The second-order valence-electron chi connectivity index (χ2n) is 6.95. The summed E-state index contributed by atoms with van der Waals surface area (Å²) in [6.45, 7) is 5.58. The first-order chi connectivity index (χ1) is 13.8. The number of halogens is 1. The van der Waals surface area contributed by atoms with Crippen molar-refractivity contribution in [2.24, 2.45) is 5.92 Å². The van der Waals surface area contributed by atoms with Gasteiger partial charge in [-0.25, -0.2) is 4.39 Å². The smallest absolute Gasteiger partial charge is 0.254 e. The summed E-state index contributed by atoms with van der Waals surface area (Å²) in [6, 6.07) is 12.6. The van der Waals surface area contributed by atoms with Crippen molar-refractivity contribution in [2.45, 2.75) is 26.8 Å². The predicted molar refractivity (Wildman–Crippen MR) is 111 cm³/mol. The van der Waals surface area contributed by atoms with Crippen LogP contribution in [0.25, 0.3) is 10.6 Å². The molecule has 2 amide bonds. The minimum atomic E-state index is -0.853. The molecule has 0 spiro atoms. The average molecular weight is 412 g/mol. The fourth-order valence-corrected chi connectivity index (χ4v) is 3.49. The van der Waals surface area contributed by atoms with Crippen molar-refractivity contribution < 1.29 is 14.0 Å². The minimum absolute atomic E-state index is 0.108. The van der Waals surface area contributed by atoms with Gasteiger partial charge in [0.25, 0.3) is 5.91 Å². The molecular formula is C21H21FN4O2S. The topological polar surface area (TPSA) is 84.0 Å². The van der Waals surface area contributed by atoms with Gasteiger partial charge in [0.15, 0.2) is 0 Å². The third-order valence-corrected chi connectivity index (χ3v) is 5.16. The molecule has 0 aliphatic rings. The van der Waals surface area contributed by atoms with Crippen molar-refractivity contribution in [3.63, 3.8) is 0 Å². The number of aryl methyl sites for hydroxylation is 1. The van der Waals surface area contributed by atoms with Gasteiger partial charge in [-0.2, -0.15) is 0 Å². The van der Waals surface area contributed by atoms with E-state index in [4.69, 9.17) is 0 Å². The van der Waals surface area contributed by atoms with Crippen LogP contribution in [0, 0.1) is 18.7 Å². The van der Waals surface area contributed by atoms with Crippen LogP contribution < -0.4 is 10.6 Å². The van der Waals surface area contributed by atoms with Gasteiger partial charge in [0.1, 0.15) is 16.9 Å². The molecule has 0 saturated carbocycles. The molecule has 6 nitrogen and oxygen atoms in total. The number of benzene rings is 2. The van der Waals surface area contributed by atoms with Crippen LogP contribution in [0.1, 0.15) is 29.8 Å². The lowest BCUT2D eigenvalue weighted by Gasteiger charge is -2.21. The summed E-state index contributed by atoms with van der Waals surface area (Å²) in [5, 5.41) is 14.5. The summed E-state index contributed by atoms with van der Waals surface area (Å²) in [5.74, 6) is -1.93. The number of anilines is 1. The van der Waals surface area contributed by atoms with Crippen molar-refractivity contribution in [2.75, 3.05) is 5.32 Å². The molecular weight excluding hydrogens is 391 g/mol. The predicted octanol–water partition coefficient (Wildman–Crippen LogP) is 4.05. The molecule has 0 saturated heterocycles. The zero-order valence-electron chi connectivity index (χ0n) is 16.3. The quantitative estimate of drug-likeness (QED) is 0.640. The number of aromatic nitrogens is 2. The monoisotopic (exact) mass is 412 g/mol. The number of carbonyl (C=O) groups excluding carboxylic acids is 2. The van der Waals surface area contributed by atoms with E-state index in [0.717, 1.165) is 11.1 Å². The Bertz CT molecular complexity index is 1030. The minimum Gasteiger partial charge on any atom is -0.340 e. The van der Waals surface area contributed by atoms with Crippen LogP contribution in [0.5, 0.6) is 0 Å². The first kappa shape index (κ1) is 20.6. The van der Waals surface area contributed by atoms with Gasteiger partial charge in [-0.1, -0.05) is 61.1 Å². The lowest BCUT2D eigenvalue weighted by molar-refractivity contribution is -0.118. The highest BCUT2D eigenvalue weighted by Gasteiger charge is 2.26. The molecule has 8 heteroatoms. The molecule has 1 aromatic heterocycles. The van der Waals surface area contributed by atoms with Gasteiger partial charge in [0.05, 0.1) is 5.56 Å². The molecule has 1 heterocycles. The Kier molecular flexibility index (Phi) is 6.33. The zero-order valence-corrected chi connectivity index (χ0v) is 17.1. The Morgan fingerprint density at radius 2 is 1.83 bits per heavy atom. The Balaban J connectivity index is 1.72. The Hall–Kier alpha value is -3.13. The highest BCUT2D eigenvalue weighted by molar-refractivity contribution is 7.18. The summed E-state index contributed by atoms with van der Waals surface area (Å²) in [4.78, 5) is 25.1. The normalized spacial score (nSPS) is 11.9. The number of carbonyl (C=O) groups is 2. The average Bonchev–Trinajstić information content (AvgIpc) is 3.14. The van der Waals surface area contributed by atoms with E-state index in [2.05, 4.69) is 20.8 Å². The summed E-state index contributed by atoms with van der Waals surface area (Å²) < 4.78 is 13.9. The van der Waals surface area contributed by atoms with Crippen molar-refractivity contribution in [3.8, 4) is 10.6 Å². The van der Waals surface area contributed by atoms with Crippen molar-refractivity contribution in [3.05, 3.63) is 65.5 Å². The molecule has 1 atom stereocenters. The van der Waals surface area contributed by atoms with Gasteiger partial charge in [-0.05, 0) is 31.0 Å². The van der Waals surface area contributed by atoms with E-state index in [-0.39, 0.29) is 11.5 Å². The fraction of sp³-hybridized carbons (Fsp3) is 0.238. The maximum atomic E-state index is 13.9. The molecule has 0 unspecified atom stereocenters. The number of rotatable bonds is 6. The first-order valence-electron chi connectivity index (χ1n) is 9.12. The second kappa shape index (κ2) is 8.91. The highest BCUT2D eigenvalue weighted by Crippen LogP contribution is 2.27. The van der Waals surface area contributed by atoms with Crippen LogP contribution >= 0.6 is 11.3 Å². The number of nitrogens with zero attached hydrogens (tertiary/aromatic N) is 2. The maximum absolute atomic E-state index is 13.9. The molecule has 2 N–H and O–H groups in total. The molecule has 0 radical (unpaired) electrons. The van der Waals surface area contributed by atoms with Gasteiger partial charge in [-0.3, -0.25) is 14.9 Å². The molecule has 150 valence electrons. The van der Waals surface area contributed by atoms with E-state index in [0.29, 0.717) is 10.1 Å². The van der Waals surface area contributed by atoms with Crippen LogP contribution in [0.15, 0.2) is 48.5 Å². The molecule has 3 aromatic rings. The number of amides is 2. The number of nitrogens with one attached hydrogen (secondary N) is 2. The summed E-state index contributed by atoms with van der Waals surface area (Å²) in [6.07, 6.45) is 0.